The maximum absolute atomic E-state index is 11.9. The molecule has 2 aromatic rings. The van der Waals surface area contributed by atoms with Crippen LogP contribution in [0.25, 0.3) is 0 Å². The van der Waals surface area contributed by atoms with Crippen molar-refractivity contribution < 1.29 is 4.79 Å². The van der Waals surface area contributed by atoms with Gasteiger partial charge in [0.15, 0.2) is 0 Å². The minimum atomic E-state index is -0.256. The Hall–Kier alpha value is -1.88. The largest absolute Gasteiger partial charge is 0.356 e. The third-order valence-corrected chi connectivity index (χ3v) is 3.36. The number of carbonyl (C=O) groups is 1. The lowest BCUT2D eigenvalue weighted by Gasteiger charge is -2.05. The van der Waals surface area contributed by atoms with Crippen LogP contribution in [-0.2, 0) is 0 Å². The van der Waals surface area contributed by atoms with Crippen LogP contribution < -0.4 is 5.43 Å². The number of aromatic amines is 1. The van der Waals surface area contributed by atoms with Gasteiger partial charge in [0, 0.05) is 10.7 Å². The van der Waals surface area contributed by atoms with E-state index in [-0.39, 0.29) is 5.91 Å². The molecular formula is C15H16BrN3O. The molecule has 0 aliphatic rings. The molecule has 0 unspecified atom stereocenters. The first-order valence-corrected chi connectivity index (χ1v) is 7.17. The smallest absolute Gasteiger partial charge is 0.287 e. The molecule has 0 bridgehead atoms. The molecule has 0 aliphatic carbocycles. The normalized spacial score (nSPS) is 11.4. The Morgan fingerprint density at radius 1 is 1.35 bits per heavy atom. The molecule has 0 aliphatic heterocycles. The van der Waals surface area contributed by atoms with Gasteiger partial charge in [-0.05, 0) is 40.9 Å². The molecule has 104 valence electrons. The van der Waals surface area contributed by atoms with Crippen molar-refractivity contribution in [2.45, 2.75) is 20.3 Å². The number of nitrogens with one attached hydrogen (secondary N) is 2. The zero-order chi connectivity index (χ0) is 14.5. The van der Waals surface area contributed by atoms with Gasteiger partial charge in [-0.25, -0.2) is 5.43 Å². The quantitative estimate of drug-likeness (QED) is 0.651. The van der Waals surface area contributed by atoms with E-state index < -0.39 is 0 Å². The maximum Gasteiger partial charge on any atom is 0.287 e. The summed E-state index contributed by atoms with van der Waals surface area (Å²) in [6.45, 7) is 4.05. The van der Waals surface area contributed by atoms with Crippen LogP contribution in [0.5, 0.6) is 0 Å². The van der Waals surface area contributed by atoms with Crippen LogP contribution in [0, 0.1) is 6.92 Å². The zero-order valence-corrected chi connectivity index (χ0v) is 13.0. The standard InChI is InChI=1S/C15H16BrN3O/c1-3-13(11-6-4-10(2)5-7-11)18-19-15(20)14-8-12(16)9-17-14/h4-9,17H,3H2,1-2H3,(H,19,20)/b18-13-. The van der Waals surface area contributed by atoms with E-state index in [1.165, 1.54) is 5.56 Å². The summed E-state index contributed by atoms with van der Waals surface area (Å²) in [6.07, 6.45) is 2.46. The lowest BCUT2D eigenvalue weighted by atomic mass is 10.1. The third-order valence-electron chi connectivity index (χ3n) is 2.90. The molecular weight excluding hydrogens is 318 g/mol. The molecule has 1 aromatic heterocycles. The van der Waals surface area contributed by atoms with Gasteiger partial charge in [0.25, 0.3) is 5.91 Å². The maximum atomic E-state index is 11.9. The molecule has 4 nitrogen and oxygen atoms in total. The van der Waals surface area contributed by atoms with Crippen LogP contribution in [-0.4, -0.2) is 16.6 Å². The summed E-state index contributed by atoms with van der Waals surface area (Å²) in [5.74, 6) is -0.256. The van der Waals surface area contributed by atoms with E-state index in [2.05, 4.69) is 31.4 Å². The van der Waals surface area contributed by atoms with E-state index in [0.717, 1.165) is 22.2 Å². The number of aromatic nitrogens is 1. The van der Waals surface area contributed by atoms with Gasteiger partial charge in [-0.1, -0.05) is 36.8 Å². The molecule has 1 amide bonds. The van der Waals surface area contributed by atoms with E-state index in [9.17, 15) is 4.79 Å². The number of hydrogen-bond donors (Lipinski definition) is 2. The Balaban J connectivity index is 2.11. The summed E-state index contributed by atoms with van der Waals surface area (Å²) in [7, 11) is 0. The van der Waals surface area contributed by atoms with Crippen LogP contribution >= 0.6 is 15.9 Å². The fraction of sp³-hybridized carbons (Fsp3) is 0.200. The average Bonchev–Trinajstić information content (AvgIpc) is 2.88. The van der Waals surface area contributed by atoms with Crippen molar-refractivity contribution in [2.24, 2.45) is 5.10 Å². The Labute approximate surface area is 126 Å². The number of hydrogen-bond acceptors (Lipinski definition) is 2. The van der Waals surface area contributed by atoms with E-state index in [1.54, 1.807) is 12.3 Å². The van der Waals surface area contributed by atoms with Gasteiger partial charge in [-0.15, -0.1) is 0 Å². The molecule has 0 saturated heterocycles. The predicted octanol–water partition coefficient (Wildman–Crippen LogP) is 3.63. The molecule has 20 heavy (non-hydrogen) atoms. The van der Waals surface area contributed by atoms with E-state index in [0.29, 0.717) is 5.69 Å². The van der Waals surface area contributed by atoms with Gasteiger partial charge >= 0.3 is 0 Å². The molecule has 2 N–H and O–H groups in total. The third kappa shape index (κ3) is 3.57. The van der Waals surface area contributed by atoms with E-state index in [4.69, 9.17) is 0 Å². The summed E-state index contributed by atoms with van der Waals surface area (Å²) < 4.78 is 0.834. The van der Waals surface area contributed by atoms with Crippen molar-refractivity contribution in [3.63, 3.8) is 0 Å². The molecule has 0 saturated carbocycles. The minimum Gasteiger partial charge on any atom is -0.356 e. The summed E-state index contributed by atoms with van der Waals surface area (Å²) in [5, 5.41) is 4.21. The lowest BCUT2D eigenvalue weighted by Crippen LogP contribution is -2.20. The van der Waals surface area contributed by atoms with E-state index >= 15 is 0 Å². The van der Waals surface area contributed by atoms with Crippen molar-refractivity contribution >= 4 is 27.5 Å². The first-order valence-electron chi connectivity index (χ1n) is 6.38. The van der Waals surface area contributed by atoms with Gasteiger partial charge in [0.05, 0.1) is 5.71 Å². The molecule has 5 heteroatoms. The highest BCUT2D eigenvalue weighted by Gasteiger charge is 2.07. The van der Waals surface area contributed by atoms with Gasteiger partial charge in [-0.2, -0.15) is 5.10 Å². The highest BCUT2D eigenvalue weighted by molar-refractivity contribution is 9.10. The number of benzene rings is 1. The van der Waals surface area contributed by atoms with Crippen molar-refractivity contribution in [1.29, 1.82) is 0 Å². The number of aryl methyl sites for hydroxylation is 1. The number of rotatable bonds is 4. The number of halogens is 1. The number of H-pyrrole nitrogens is 1. The molecule has 1 heterocycles. The van der Waals surface area contributed by atoms with Crippen LogP contribution in [0.1, 0.15) is 35.0 Å². The van der Waals surface area contributed by atoms with Crippen molar-refractivity contribution in [2.75, 3.05) is 0 Å². The molecule has 0 atom stereocenters. The van der Waals surface area contributed by atoms with Crippen molar-refractivity contribution in [3.8, 4) is 0 Å². The summed E-state index contributed by atoms with van der Waals surface area (Å²) >= 11 is 3.29. The molecule has 1 aromatic carbocycles. The minimum absolute atomic E-state index is 0.256. The highest BCUT2D eigenvalue weighted by atomic mass is 79.9. The molecule has 0 spiro atoms. The second-order valence-corrected chi connectivity index (χ2v) is 5.37. The van der Waals surface area contributed by atoms with Gasteiger partial charge in [-0.3, -0.25) is 4.79 Å². The topological polar surface area (TPSA) is 57.2 Å². The predicted molar refractivity (Wildman–Crippen MR) is 84.0 cm³/mol. The molecule has 2 rings (SSSR count). The fourth-order valence-electron chi connectivity index (χ4n) is 1.77. The Kier molecular flexibility index (Phi) is 4.74. The second kappa shape index (κ2) is 6.52. The number of hydrazone groups is 1. The SMILES string of the molecule is CC/C(=N/NC(=O)c1cc(Br)c[nH]1)c1ccc(C)cc1. The first kappa shape index (κ1) is 14.5. The Bertz CT molecular complexity index is 629. The second-order valence-electron chi connectivity index (χ2n) is 4.45. The monoisotopic (exact) mass is 333 g/mol. The molecule has 0 radical (unpaired) electrons. The van der Waals surface area contributed by atoms with Gasteiger partial charge in [0.2, 0.25) is 0 Å². The summed E-state index contributed by atoms with van der Waals surface area (Å²) in [5.41, 5.74) is 6.11. The Morgan fingerprint density at radius 3 is 2.60 bits per heavy atom. The van der Waals surface area contributed by atoms with E-state index in [1.807, 2.05) is 38.1 Å². The van der Waals surface area contributed by atoms with Crippen LogP contribution in [0.2, 0.25) is 0 Å². The summed E-state index contributed by atoms with van der Waals surface area (Å²) in [4.78, 5) is 14.8. The lowest BCUT2D eigenvalue weighted by molar-refractivity contribution is 0.0950. The van der Waals surface area contributed by atoms with Crippen LogP contribution in [0.15, 0.2) is 46.1 Å². The highest BCUT2D eigenvalue weighted by Crippen LogP contribution is 2.11. The zero-order valence-electron chi connectivity index (χ0n) is 11.4. The summed E-state index contributed by atoms with van der Waals surface area (Å²) in [6, 6.07) is 9.79. The number of carbonyl (C=O) groups excluding carboxylic acids is 1. The van der Waals surface area contributed by atoms with Crippen molar-refractivity contribution in [3.05, 3.63) is 57.8 Å². The number of amides is 1. The fourth-order valence-corrected chi connectivity index (χ4v) is 2.11. The van der Waals surface area contributed by atoms with Gasteiger partial charge in [0.1, 0.15) is 5.69 Å². The molecule has 0 fully saturated rings. The average molecular weight is 334 g/mol. The van der Waals surface area contributed by atoms with Crippen LogP contribution in [0.4, 0.5) is 0 Å². The van der Waals surface area contributed by atoms with Gasteiger partial charge < -0.3 is 4.98 Å². The number of nitrogens with zero attached hydrogens (tertiary/aromatic N) is 1. The first-order chi connectivity index (χ1) is 9.60. The van der Waals surface area contributed by atoms with Crippen LogP contribution in [0.3, 0.4) is 0 Å². The van der Waals surface area contributed by atoms with Crippen molar-refractivity contribution in [1.82, 2.24) is 10.4 Å². The Morgan fingerprint density at radius 2 is 2.05 bits per heavy atom.